The molecule has 13 heteroatoms. The first kappa shape index (κ1) is 22.0. The maximum Gasteiger partial charge on any atom is 0.291 e. The van der Waals surface area contributed by atoms with Gasteiger partial charge in [0.05, 0.1) is 17.2 Å². The second-order valence-electron chi connectivity index (χ2n) is 6.42. The van der Waals surface area contributed by atoms with Crippen molar-refractivity contribution in [3.8, 4) is 0 Å². The van der Waals surface area contributed by atoms with Crippen LogP contribution >= 0.6 is 22.9 Å². The minimum absolute atomic E-state index is 0.0175. The Kier molecular flexibility index (Phi) is 6.48. The number of rotatable bonds is 5. The summed E-state index contributed by atoms with van der Waals surface area (Å²) in [5.41, 5.74) is -0.0175. The van der Waals surface area contributed by atoms with Crippen LogP contribution in [0.5, 0.6) is 0 Å². The maximum absolute atomic E-state index is 13.1. The Morgan fingerprint density at radius 1 is 1.31 bits per heavy atom. The minimum Gasteiger partial charge on any atom is -0.373 e. The van der Waals surface area contributed by atoms with E-state index >= 15 is 0 Å². The van der Waals surface area contributed by atoms with Gasteiger partial charge in [0.25, 0.3) is 12.3 Å². The molecular weight excluding hydrogens is 450 g/mol. The molecule has 8 nitrogen and oxygen atoms in total. The number of anilines is 1. The van der Waals surface area contributed by atoms with Crippen LogP contribution in [0.2, 0.25) is 5.02 Å². The number of carbonyl (C=O) groups is 1. The van der Waals surface area contributed by atoms with Gasteiger partial charge in [-0.25, -0.2) is 17.2 Å². The number of benzene rings is 1. The highest BCUT2D eigenvalue weighted by Crippen LogP contribution is 2.29. The molecule has 0 saturated carbocycles. The van der Waals surface area contributed by atoms with E-state index in [0.717, 1.165) is 6.07 Å². The molecule has 29 heavy (non-hydrogen) atoms. The first-order chi connectivity index (χ1) is 13.6. The number of morpholine rings is 1. The Labute approximate surface area is 174 Å². The number of ether oxygens (including phenoxy) is 1. The lowest BCUT2D eigenvalue weighted by Gasteiger charge is -2.34. The van der Waals surface area contributed by atoms with E-state index in [1.807, 2.05) is 0 Å². The number of sulfonamides is 1. The molecule has 1 aromatic heterocycles. The Hall–Kier alpha value is -1.73. The summed E-state index contributed by atoms with van der Waals surface area (Å²) in [5, 5.41) is 8.38. The minimum atomic E-state index is -3.98. The first-order valence-electron chi connectivity index (χ1n) is 8.46. The van der Waals surface area contributed by atoms with Gasteiger partial charge in [0.2, 0.25) is 15.2 Å². The number of amides is 1. The van der Waals surface area contributed by atoms with Crippen molar-refractivity contribution in [3.63, 3.8) is 0 Å². The normalized spacial score (nSPS) is 20.8. The lowest BCUT2D eigenvalue weighted by Crippen LogP contribution is -2.48. The van der Waals surface area contributed by atoms with Crippen molar-refractivity contribution in [1.82, 2.24) is 14.5 Å². The molecule has 3 rings (SSSR count). The van der Waals surface area contributed by atoms with Crippen LogP contribution in [-0.4, -0.2) is 54.1 Å². The smallest absolute Gasteiger partial charge is 0.291 e. The lowest BCUT2D eigenvalue weighted by atomic mass is 10.2. The van der Waals surface area contributed by atoms with E-state index in [4.69, 9.17) is 16.3 Å². The second kappa shape index (κ2) is 8.56. The van der Waals surface area contributed by atoms with Crippen LogP contribution in [0.15, 0.2) is 23.1 Å². The number of nitrogens with one attached hydrogen (secondary N) is 1. The van der Waals surface area contributed by atoms with Crippen LogP contribution in [0.3, 0.4) is 0 Å². The van der Waals surface area contributed by atoms with Crippen LogP contribution in [0, 0.1) is 0 Å². The topological polar surface area (TPSA) is 101 Å². The van der Waals surface area contributed by atoms with E-state index in [1.165, 1.54) is 16.4 Å². The Morgan fingerprint density at radius 2 is 1.97 bits per heavy atom. The molecule has 2 unspecified atom stereocenters. The molecule has 2 aromatic rings. The van der Waals surface area contributed by atoms with E-state index in [-0.39, 0.29) is 45.9 Å². The summed E-state index contributed by atoms with van der Waals surface area (Å²) >= 11 is 6.63. The first-order valence-corrected chi connectivity index (χ1v) is 11.1. The second-order valence-corrected chi connectivity index (χ2v) is 9.75. The van der Waals surface area contributed by atoms with Crippen molar-refractivity contribution in [2.24, 2.45) is 0 Å². The highest BCUT2D eigenvalue weighted by atomic mass is 35.5. The maximum atomic E-state index is 13.1. The number of hydrogen-bond acceptors (Lipinski definition) is 7. The quantitative estimate of drug-likeness (QED) is 0.726. The molecule has 1 aliphatic rings. The number of halogens is 3. The average Bonchev–Trinajstić information content (AvgIpc) is 3.10. The number of aromatic nitrogens is 2. The number of hydrogen-bond donors (Lipinski definition) is 1. The zero-order valence-electron chi connectivity index (χ0n) is 15.3. The van der Waals surface area contributed by atoms with Crippen LogP contribution in [0.1, 0.15) is 35.6 Å². The van der Waals surface area contributed by atoms with Crippen LogP contribution < -0.4 is 5.32 Å². The zero-order chi connectivity index (χ0) is 21.3. The Bertz CT molecular complexity index is 1010. The van der Waals surface area contributed by atoms with Gasteiger partial charge in [0, 0.05) is 18.7 Å². The van der Waals surface area contributed by atoms with Gasteiger partial charge in [-0.05, 0) is 32.0 Å². The SMILES string of the molecule is CC1CN(S(=O)(=O)c2cc(C(=O)Nc3nnc(C(F)F)s3)ccc2Cl)CC(C)O1. The summed E-state index contributed by atoms with van der Waals surface area (Å²) in [5.74, 6) is -0.723. The van der Waals surface area contributed by atoms with Crippen molar-refractivity contribution in [2.75, 3.05) is 18.4 Å². The van der Waals surface area contributed by atoms with E-state index in [9.17, 15) is 22.0 Å². The molecule has 0 bridgehead atoms. The molecule has 0 aliphatic carbocycles. The molecule has 1 N–H and O–H groups in total. The predicted octanol–water partition coefficient (Wildman–Crippen LogP) is 3.18. The molecule has 2 heterocycles. The van der Waals surface area contributed by atoms with E-state index in [1.54, 1.807) is 13.8 Å². The molecule has 0 spiro atoms. The van der Waals surface area contributed by atoms with Gasteiger partial charge in [0.1, 0.15) is 4.90 Å². The van der Waals surface area contributed by atoms with Gasteiger partial charge in [-0.2, -0.15) is 4.31 Å². The molecule has 1 aliphatic heterocycles. The van der Waals surface area contributed by atoms with Gasteiger partial charge in [-0.1, -0.05) is 22.9 Å². The monoisotopic (exact) mass is 466 g/mol. The Morgan fingerprint density at radius 3 is 2.55 bits per heavy atom. The molecule has 158 valence electrons. The number of nitrogens with zero attached hydrogens (tertiary/aromatic N) is 3. The average molecular weight is 467 g/mol. The molecule has 1 fully saturated rings. The van der Waals surface area contributed by atoms with Crippen molar-refractivity contribution >= 4 is 44.0 Å². The molecule has 1 amide bonds. The Balaban J connectivity index is 1.86. The summed E-state index contributed by atoms with van der Waals surface area (Å²) in [4.78, 5) is 12.2. The lowest BCUT2D eigenvalue weighted by molar-refractivity contribution is -0.0440. The molecular formula is C16H17ClF2N4O4S2. The fourth-order valence-corrected chi connectivity index (χ4v) is 5.54. The van der Waals surface area contributed by atoms with Gasteiger partial charge >= 0.3 is 0 Å². The summed E-state index contributed by atoms with van der Waals surface area (Å²) in [6.45, 7) is 3.83. The third kappa shape index (κ3) is 4.89. The van der Waals surface area contributed by atoms with Crippen LogP contribution in [0.4, 0.5) is 13.9 Å². The summed E-state index contributed by atoms with van der Waals surface area (Å²) < 4.78 is 58.1. The standard InChI is InChI=1S/C16H17ClF2N4O4S2/c1-8-6-23(7-9(2)27-8)29(25,26)12-5-10(3-4-11(12)17)14(24)20-16-22-21-15(28-16)13(18)19/h3-5,8-9,13H,6-7H2,1-2H3,(H,20,22,24). The highest BCUT2D eigenvalue weighted by Gasteiger charge is 2.34. The van der Waals surface area contributed by atoms with Crippen molar-refractivity contribution in [1.29, 1.82) is 0 Å². The van der Waals surface area contributed by atoms with Gasteiger partial charge in [-0.15, -0.1) is 10.2 Å². The summed E-state index contributed by atoms with van der Waals surface area (Å²) in [6, 6.07) is 3.77. The number of carbonyl (C=O) groups excluding carboxylic acids is 1. The van der Waals surface area contributed by atoms with E-state index in [2.05, 4.69) is 15.5 Å². The van der Waals surface area contributed by atoms with Gasteiger partial charge in [0.15, 0.2) is 5.01 Å². The van der Waals surface area contributed by atoms with Crippen molar-refractivity contribution < 1.29 is 26.7 Å². The highest BCUT2D eigenvalue weighted by molar-refractivity contribution is 7.89. The third-order valence-corrected chi connectivity index (χ3v) is 7.20. The largest absolute Gasteiger partial charge is 0.373 e. The summed E-state index contributed by atoms with van der Waals surface area (Å²) in [7, 11) is -3.98. The van der Waals surface area contributed by atoms with E-state index < -0.39 is 27.4 Å². The summed E-state index contributed by atoms with van der Waals surface area (Å²) in [6.07, 6.45) is -3.39. The van der Waals surface area contributed by atoms with Crippen LogP contribution in [-0.2, 0) is 14.8 Å². The fourth-order valence-electron chi connectivity index (χ4n) is 2.85. The fraction of sp³-hybridized carbons (Fsp3) is 0.438. The molecule has 1 aromatic carbocycles. The predicted molar refractivity (Wildman–Crippen MR) is 103 cm³/mol. The molecule has 1 saturated heterocycles. The van der Waals surface area contributed by atoms with Crippen molar-refractivity contribution in [2.45, 2.75) is 37.4 Å². The van der Waals surface area contributed by atoms with Crippen molar-refractivity contribution in [3.05, 3.63) is 33.8 Å². The van der Waals surface area contributed by atoms with Gasteiger partial charge < -0.3 is 4.74 Å². The van der Waals surface area contributed by atoms with E-state index in [0.29, 0.717) is 11.3 Å². The number of alkyl halides is 2. The zero-order valence-corrected chi connectivity index (χ0v) is 17.7. The molecule has 0 radical (unpaired) electrons. The van der Waals surface area contributed by atoms with Crippen LogP contribution in [0.25, 0.3) is 0 Å². The van der Waals surface area contributed by atoms with Gasteiger partial charge in [-0.3, -0.25) is 10.1 Å². The molecule has 2 atom stereocenters. The third-order valence-electron chi connectivity index (χ3n) is 4.05.